The Hall–Kier alpha value is 0.230. The Morgan fingerprint density at radius 1 is 1.33 bits per heavy atom. The van der Waals surface area contributed by atoms with Crippen LogP contribution in [0.3, 0.4) is 0 Å². The zero-order valence-corrected chi connectivity index (χ0v) is 8.88. The maximum Gasteiger partial charge on any atom is 0.251 e. The lowest BCUT2D eigenvalue weighted by molar-refractivity contribution is 1.04. The van der Waals surface area contributed by atoms with Gasteiger partial charge in [0.2, 0.25) is 5.13 Å². The summed E-state index contributed by atoms with van der Waals surface area (Å²) in [5.74, 6) is 0.263. The molecule has 1 aromatic heterocycles. The van der Waals surface area contributed by atoms with Crippen molar-refractivity contribution in [3.63, 3.8) is 0 Å². The van der Waals surface area contributed by atoms with Crippen LogP contribution in [0.25, 0.3) is 0 Å². The average Bonchev–Trinajstić information content (AvgIpc) is 2.66. The number of alkyl halides is 3. The Kier molecular flexibility index (Phi) is 2.11. The fourth-order valence-electron chi connectivity index (χ4n) is 0.700. The smallest absolute Gasteiger partial charge is 0.251 e. The van der Waals surface area contributed by atoms with Gasteiger partial charge in [-0.2, -0.15) is 9.36 Å². The van der Waals surface area contributed by atoms with E-state index in [0.717, 1.165) is 18.2 Å². The average molecular weight is 245 g/mol. The van der Waals surface area contributed by atoms with Crippen LogP contribution in [0.1, 0.15) is 5.82 Å². The van der Waals surface area contributed by atoms with Crippen LogP contribution in [-0.2, 0) is 3.79 Å². The van der Waals surface area contributed by atoms with Gasteiger partial charge in [0.05, 0.1) is 0 Å². The van der Waals surface area contributed by atoms with E-state index in [2.05, 4.69) is 14.3 Å². The quantitative estimate of drug-likeness (QED) is 0.560. The van der Waals surface area contributed by atoms with Crippen molar-refractivity contribution in [2.24, 2.45) is 0 Å². The zero-order valence-electron chi connectivity index (χ0n) is 5.80. The van der Waals surface area contributed by atoms with E-state index in [9.17, 15) is 0 Å². The summed E-state index contributed by atoms with van der Waals surface area (Å²) < 4.78 is 2.45. The van der Waals surface area contributed by atoms with Gasteiger partial charge in [0, 0.05) is 24.6 Å². The molecule has 0 saturated carbocycles. The number of halogens is 3. The number of rotatable bonds is 1. The van der Waals surface area contributed by atoms with Gasteiger partial charge >= 0.3 is 0 Å². The van der Waals surface area contributed by atoms with E-state index >= 15 is 0 Å². The Labute approximate surface area is 88.4 Å². The molecule has 1 saturated heterocycles. The molecule has 1 aromatic rings. The summed E-state index contributed by atoms with van der Waals surface area (Å²) >= 11 is 18.0. The SMILES string of the molecule is ClC(Cl)(Cl)c1nsc(N2CC2)n1. The number of hydrogen-bond acceptors (Lipinski definition) is 4. The molecule has 0 radical (unpaired) electrons. The minimum absolute atomic E-state index is 0.263. The maximum absolute atomic E-state index is 5.59. The standard InChI is InChI=1S/C5H4Cl3N3S/c6-5(7,8)3-9-4(12-10-3)11-1-2-11/h1-2H2. The Morgan fingerprint density at radius 2 is 2.00 bits per heavy atom. The van der Waals surface area contributed by atoms with Gasteiger partial charge in [-0.05, 0) is 0 Å². The summed E-state index contributed by atoms with van der Waals surface area (Å²) in [7, 11) is 0. The molecule has 0 aromatic carbocycles. The first kappa shape index (κ1) is 8.81. The van der Waals surface area contributed by atoms with Crippen molar-refractivity contribution in [2.45, 2.75) is 3.79 Å². The van der Waals surface area contributed by atoms with Gasteiger partial charge in [0.1, 0.15) is 0 Å². The van der Waals surface area contributed by atoms with Gasteiger partial charge in [-0.1, -0.05) is 34.8 Å². The topological polar surface area (TPSA) is 28.8 Å². The van der Waals surface area contributed by atoms with Crippen LogP contribution in [0.5, 0.6) is 0 Å². The molecule has 66 valence electrons. The lowest BCUT2D eigenvalue weighted by Gasteiger charge is -2.03. The molecule has 0 aliphatic carbocycles. The molecule has 0 N–H and O–H groups in total. The molecular formula is C5H4Cl3N3S. The third-order valence-electron chi connectivity index (χ3n) is 1.39. The lowest BCUT2D eigenvalue weighted by Crippen LogP contribution is -2.02. The van der Waals surface area contributed by atoms with Gasteiger partial charge in [-0.3, -0.25) is 0 Å². The molecule has 3 nitrogen and oxygen atoms in total. The highest BCUT2D eigenvalue weighted by molar-refractivity contribution is 7.09. The van der Waals surface area contributed by atoms with Gasteiger partial charge < -0.3 is 4.90 Å². The van der Waals surface area contributed by atoms with Crippen LogP contribution < -0.4 is 4.90 Å². The molecule has 1 aliphatic rings. The van der Waals surface area contributed by atoms with Crippen molar-refractivity contribution in [1.29, 1.82) is 0 Å². The highest BCUT2D eigenvalue weighted by Gasteiger charge is 2.31. The number of nitrogens with zero attached hydrogens (tertiary/aromatic N) is 3. The summed E-state index contributed by atoms with van der Waals surface area (Å²) in [6.45, 7) is 2.04. The van der Waals surface area contributed by atoms with Crippen LogP contribution in [0, 0.1) is 0 Å². The summed E-state index contributed by atoms with van der Waals surface area (Å²) in [4.78, 5) is 6.13. The third kappa shape index (κ3) is 1.76. The Morgan fingerprint density at radius 3 is 2.42 bits per heavy atom. The zero-order chi connectivity index (χ0) is 8.77. The minimum Gasteiger partial charge on any atom is -0.343 e. The summed E-state index contributed by atoms with van der Waals surface area (Å²) in [5, 5.41) is 0.830. The fraction of sp³-hybridized carbons (Fsp3) is 0.600. The highest BCUT2D eigenvalue weighted by Crippen LogP contribution is 2.38. The molecule has 0 unspecified atom stereocenters. The van der Waals surface area contributed by atoms with E-state index in [0.29, 0.717) is 0 Å². The van der Waals surface area contributed by atoms with Crippen molar-refractivity contribution in [3.05, 3.63) is 5.82 Å². The normalized spacial score (nSPS) is 16.8. The second-order valence-corrected chi connectivity index (χ2v) is 5.40. The lowest BCUT2D eigenvalue weighted by atomic mass is 10.7. The predicted octanol–water partition coefficient (Wildman–Crippen LogP) is 2.18. The van der Waals surface area contributed by atoms with Gasteiger partial charge in [0.15, 0.2) is 5.82 Å². The van der Waals surface area contributed by atoms with Crippen molar-refractivity contribution in [1.82, 2.24) is 9.36 Å². The molecule has 2 heterocycles. The van der Waals surface area contributed by atoms with E-state index < -0.39 is 3.79 Å². The number of aromatic nitrogens is 2. The van der Waals surface area contributed by atoms with E-state index in [4.69, 9.17) is 34.8 Å². The maximum atomic E-state index is 5.59. The van der Waals surface area contributed by atoms with Crippen molar-refractivity contribution in [3.8, 4) is 0 Å². The first-order valence-corrected chi connectivity index (χ1v) is 5.14. The first-order valence-electron chi connectivity index (χ1n) is 3.23. The second-order valence-electron chi connectivity index (χ2n) is 2.39. The van der Waals surface area contributed by atoms with E-state index in [1.165, 1.54) is 11.5 Å². The van der Waals surface area contributed by atoms with E-state index in [1.54, 1.807) is 0 Å². The summed E-state index contributed by atoms with van der Waals surface area (Å²) in [6, 6.07) is 0. The summed E-state index contributed by atoms with van der Waals surface area (Å²) in [5.41, 5.74) is 0. The highest BCUT2D eigenvalue weighted by atomic mass is 35.6. The van der Waals surface area contributed by atoms with Crippen molar-refractivity contribution >= 4 is 51.5 Å². The number of anilines is 1. The monoisotopic (exact) mass is 243 g/mol. The molecule has 1 fully saturated rings. The first-order chi connectivity index (χ1) is 5.57. The van der Waals surface area contributed by atoms with Crippen LogP contribution >= 0.6 is 46.3 Å². The Balaban J connectivity index is 2.23. The second kappa shape index (κ2) is 2.87. The molecule has 1 aliphatic heterocycles. The van der Waals surface area contributed by atoms with Crippen LogP contribution in [0.4, 0.5) is 5.13 Å². The van der Waals surface area contributed by atoms with Gasteiger partial charge in [-0.15, -0.1) is 0 Å². The minimum atomic E-state index is -1.50. The molecule has 0 spiro atoms. The molecular weight excluding hydrogens is 241 g/mol. The summed E-state index contributed by atoms with van der Waals surface area (Å²) in [6.07, 6.45) is 0. The number of hydrogen-bond donors (Lipinski definition) is 0. The van der Waals surface area contributed by atoms with Crippen molar-refractivity contribution in [2.75, 3.05) is 18.0 Å². The molecule has 0 atom stereocenters. The fourth-order valence-corrected chi connectivity index (χ4v) is 1.88. The molecule has 7 heteroatoms. The Bertz CT molecular complexity index is 290. The van der Waals surface area contributed by atoms with E-state index in [1.807, 2.05) is 0 Å². The molecule has 0 bridgehead atoms. The van der Waals surface area contributed by atoms with E-state index in [-0.39, 0.29) is 5.82 Å². The van der Waals surface area contributed by atoms with Crippen LogP contribution in [0.2, 0.25) is 0 Å². The van der Waals surface area contributed by atoms with Crippen LogP contribution in [-0.4, -0.2) is 22.4 Å². The van der Waals surface area contributed by atoms with Crippen molar-refractivity contribution < 1.29 is 0 Å². The molecule has 0 amide bonds. The molecule has 2 rings (SSSR count). The largest absolute Gasteiger partial charge is 0.343 e. The van der Waals surface area contributed by atoms with Gasteiger partial charge in [0.25, 0.3) is 3.79 Å². The third-order valence-corrected chi connectivity index (χ3v) is 2.67. The van der Waals surface area contributed by atoms with Gasteiger partial charge in [-0.25, -0.2) is 0 Å². The van der Waals surface area contributed by atoms with Crippen LogP contribution in [0.15, 0.2) is 0 Å². The predicted molar refractivity (Wildman–Crippen MR) is 51.4 cm³/mol. The molecule has 12 heavy (non-hydrogen) atoms.